The molecular weight excluding hydrogens is 275 g/mol. The second-order valence-electron chi connectivity index (χ2n) is 3.18. The first kappa shape index (κ1) is 14.7. The zero-order valence-corrected chi connectivity index (χ0v) is 10.2. The minimum Gasteiger partial charge on any atom is -0.342 e. The topological polar surface area (TPSA) is 20.3 Å². The monoisotopic (exact) mass is 289 g/mol. The van der Waals surface area contributed by atoms with Gasteiger partial charge in [0.05, 0.1) is 6.42 Å². The molecule has 0 aliphatic carbocycles. The van der Waals surface area contributed by atoms with Crippen LogP contribution in [-0.2, 0) is 4.79 Å². The summed E-state index contributed by atoms with van der Waals surface area (Å²) < 4.78 is 35.6. The van der Waals surface area contributed by atoms with Crippen molar-refractivity contribution in [3.05, 3.63) is 0 Å². The molecule has 0 radical (unpaired) electrons. The van der Waals surface area contributed by atoms with Crippen molar-refractivity contribution in [3.63, 3.8) is 0 Å². The van der Waals surface area contributed by atoms with Crippen LogP contribution in [0.4, 0.5) is 13.2 Å². The Morgan fingerprint density at radius 1 is 1.33 bits per heavy atom. The average Bonchev–Trinajstić information content (AvgIpc) is 2.13. The number of nitrogens with zero attached hydrogens (tertiary/aromatic N) is 1. The number of alkyl halides is 4. The van der Waals surface area contributed by atoms with E-state index in [-0.39, 0.29) is 0 Å². The third-order valence-electron chi connectivity index (χ3n) is 1.82. The molecule has 0 aromatic heterocycles. The summed E-state index contributed by atoms with van der Waals surface area (Å²) in [5.74, 6) is -0.423. The fourth-order valence-corrected chi connectivity index (χ4v) is 1.57. The maximum Gasteiger partial charge on any atom is 0.389 e. The summed E-state index contributed by atoms with van der Waals surface area (Å²) in [5.41, 5.74) is 0. The Balaban J connectivity index is 4.02. The second-order valence-corrected chi connectivity index (χ2v) is 3.98. The van der Waals surface area contributed by atoms with Crippen LogP contribution >= 0.6 is 15.9 Å². The molecular formula is C9H15BrF3NO. The lowest BCUT2D eigenvalue weighted by Gasteiger charge is -2.21. The Labute approximate surface area is 95.9 Å². The molecule has 0 rings (SSSR count). The first-order chi connectivity index (χ1) is 6.90. The summed E-state index contributed by atoms with van der Waals surface area (Å²) in [6, 6.07) is 0. The van der Waals surface area contributed by atoms with Crippen molar-refractivity contribution < 1.29 is 18.0 Å². The molecule has 6 heteroatoms. The number of hydrogen-bond donors (Lipinski definition) is 0. The largest absolute Gasteiger partial charge is 0.389 e. The standard InChI is InChI=1S/C9H15BrF3NO/c1-2-6-14(7-5-10)8(15)3-4-9(11,12)13/h2-7H2,1H3. The molecule has 0 fully saturated rings. The van der Waals surface area contributed by atoms with E-state index in [0.717, 1.165) is 6.42 Å². The SMILES string of the molecule is CCCN(CCBr)C(=O)CCC(F)(F)F. The minimum atomic E-state index is -4.25. The van der Waals surface area contributed by atoms with Gasteiger partial charge >= 0.3 is 6.18 Å². The summed E-state index contributed by atoms with van der Waals surface area (Å²) >= 11 is 3.16. The molecule has 90 valence electrons. The maximum atomic E-state index is 11.9. The first-order valence-corrected chi connectivity index (χ1v) is 5.93. The lowest BCUT2D eigenvalue weighted by Crippen LogP contribution is -2.34. The maximum absolute atomic E-state index is 11.9. The van der Waals surface area contributed by atoms with Crippen LogP contribution in [-0.4, -0.2) is 35.4 Å². The van der Waals surface area contributed by atoms with Gasteiger partial charge in [-0.2, -0.15) is 13.2 Å². The summed E-state index contributed by atoms with van der Waals surface area (Å²) in [6.07, 6.45) is -4.97. The van der Waals surface area contributed by atoms with Crippen LogP contribution < -0.4 is 0 Å². The van der Waals surface area contributed by atoms with Crippen molar-refractivity contribution in [2.45, 2.75) is 32.4 Å². The highest BCUT2D eigenvalue weighted by Crippen LogP contribution is 2.21. The van der Waals surface area contributed by atoms with Crippen molar-refractivity contribution in [2.24, 2.45) is 0 Å². The molecule has 0 unspecified atom stereocenters. The number of rotatable bonds is 6. The molecule has 0 aromatic rings. The number of carbonyl (C=O) groups excluding carboxylic acids is 1. The smallest absolute Gasteiger partial charge is 0.342 e. The average molecular weight is 290 g/mol. The van der Waals surface area contributed by atoms with Gasteiger partial charge in [0.15, 0.2) is 0 Å². The van der Waals surface area contributed by atoms with Crippen LogP contribution in [0.3, 0.4) is 0 Å². The molecule has 0 saturated heterocycles. The number of hydrogen-bond acceptors (Lipinski definition) is 1. The quantitative estimate of drug-likeness (QED) is 0.689. The van der Waals surface area contributed by atoms with Crippen LogP contribution in [0.15, 0.2) is 0 Å². The molecule has 0 atom stereocenters. The van der Waals surface area contributed by atoms with E-state index in [1.54, 1.807) is 0 Å². The van der Waals surface area contributed by atoms with Gasteiger partial charge in [-0.25, -0.2) is 0 Å². The summed E-state index contributed by atoms with van der Waals surface area (Å²) in [4.78, 5) is 12.8. The van der Waals surface area contributed by atoms with E-state index in [0.29, 0.717) is 18.4 Å². The van der Waals surface area contributed by atoms with E-state index >= 15 is 0 Å². The predicted octanol–water partition coefficient (Wildman–Crippen LogP) is 2.96. The van der Waals surface area contributed by atoms with Gasteiger partial charge < -0.3 is 4.90 Å². The van der Waals surface area contributed by atoms with Crippen molar-refractivity contribution in [2.75, 3.05) is 18.4 Å². The Morgan fingerprint density at radius 3 is 2.33 bits per heavy atom. The molecule has 0 aliphatic heterocycles. The van der Waals surface area contributed by atoms with Crippen molar-refractivity contribution >= 4 is 21.8 Å². The minimum absolute atomic E-state index is 0.423. The van der Waals surface area contributed by atoms with E-state index in [4.69, 9.17) is 0 Å². The van der Waals surface area contributed by atoms with E-state index in [2.05, 4.69) is 15.9 Å². The highest BCUT2D eigenvalue weighted by Gasteiger charge is 2.28. The number of amides is 1. The summed E-state index contributed by atoms with van der Waals surface area (Å²) in [5, 5.41) is 0.588. The van der Waals surface area contributed by atoms with E-state index in [9.17, 15) is 18.0 Å². The van der Waals surface area contributed by atoms with E-state index in [1.165, 1.54) is 4.90 Å². The van der Waals surface area contributed by atoms with Crippen molar-refractivity contribution in [1.82, 2.24) is 4.90 Å². The molecule has 15 heavy (non-hydrogen) atoms. The van der Waals surface area contributed by atoms with Gasteiger partial charge in [-0.05, 0) is 6.42 Å². The third-order valence-corrected chi connectivity index (χ3v) is 2.18. The molecule has 0 aromatic carbocycles. The molecule has 0 aliphatic rings. The molecule has 2 nitrogen and oxygen atoms in total. The predicted molar refractivity (Wildman–Crippen MR) is 56.0 cm³/mol. The van der Waals surface area contributed by atoms with E-state index in [1.807, 2.05) is 6.92 Å². The van der Waals surface area contributed by atoms with Crippen molar-refractivity contribution in [1.29, 1.82) is 0 Å². The van der Waals surface area contributed by atoms with Crippen molar-refractivity contribution in [3.8, 4) is 0 Å². The first-order valence-electron chi connectivity index (χ1n) is 4.81. The highest BCUT2D eigenvalue weighted by atomic mass is 79.9. The van der Waals surface area contributed by atoms with Crippen LogP contribution in [0.25, 0.3) is 0 Å². The normalized spacial score (nSPS) is 11.5. The Morgan fingerprint density at radius 2 is 1.93 bits per heavy atom. The van der Waals surface area contributed by atoms with Gasteiger partial charge in [0.25, 0.3) is 0 Å². The van der Waals surface area contributed by atoms with E-state index < -0.39 is 24.9 Å². The van der Waals surface area contributed by atoms with Gasteiger partial charge in [-0.1, -0.05) is 22.9 Å². The van der Waals surface area contributed by atoms with Crippen LogP contribution in [0.1, 0.15) is 26.2 Å². The van der Waals surface area contributed by atoms with Gasteiger partial charge in [0.2, 0.25) is 5.91 Å². The van der Waals surface area contributed by atoms with Crippen LogP contribution in [0.2, 0.25) is 0 Å². The van der Waals surface area contributed by atoms with Gasteiger partial charge in [-0.15, -0.1) is 0 Å². The molecule has 0 bridgehead atoms. The fraction of sp³-hybridized carbons (Fsp3) is 0.889. The Hall–Kier alpha value is -0.260. The lowest BCUT2D eigenvalue weighted by molar-refractivity contribution is -0.149. The summed E-state index contributed by atoms with van der Waals surface area (Å²) in [6.45, 7) is 2.87. The molecule has 1 amide bonds. The number of carbonyl (C=O) groups is 1. The lowest BCUT2D eigenvalue weighted by atomic mass is 10.2. The van der Waals surface area contributed by atoms with Gasteiger partial charge in [-0.3, -0.25) is 4.79 Å². The number of halogens is 4. The third kappa shape index (κ3) is 7.64. The van der Waals surface area contributed by atoms with Crippen LogP contribution in [0.5, 0.6) is 0 Å². The molecule has 0 N–H and O–H groups in total. The summed E-state index contributed by atoms with van der Waals surface area (Å²) in [7, 11) is 0. The fourth-order valence-electron chi connectivity index (χ4n) is 1.14. The molecule has 0 spiro atoms. The van der Waals surface area contributed by atoms with Gasteiger partial charge in [0, 0.05) is 24.8 Å². The van der Waals surface area contributed by atoms with Crippen LogP contribution in [0, 0.1) is 0 Å². The molecule has 0 saturated carbocycles. The zero-order chi connectivity index (χ0) is 11.9. The molecule has 0 heterocycles. The zero-order valence-electron chi connectivity index (χ0n) is 8.61. The Bertz CT molecular complexity index is 190. The highest BCUT2D eigenvalue weighted by molar-refractivity contribution is 9.09. The van der Waals surface area contributed by atoms with Gasteiger partial charge in [0.1, 0.15) is 0 Å². The second kappa shape index (κ2) is 7.09. The Kier molecular flexibility index (Phi) is 6.96.